The van der Waals surface area contributed by atoms with Crippen LogP contribution in [-0.4, -0.2) is 21.9 Å². The molecule has 2 N–H and O–H groups in total. The monoisotopic (exact) mass is 300 g/mol. The number of carboxylic acids is 1. The van der Waals surface area contributed by atoms with Crippen molar-refractivity contribution in [1.29, 1.82) is 0 Å². The van der Waals surface area contributed by atoms with Gasteiger partial charge in [-0.05, 0) is 37.3 Å². The van der Waals surface area contributed by atoms with Crippen LogP contribution in [0.5, 0.6) is 0 Å². The van der Waals surface area contributed by atoms with Crippen molar-refractivity contribution in [2.24, 2.45) is 0 Å². The van der Waals surface area contributed by atoms with E-state index in [0.29, 0.717) is 11.3 Å². The van der Waals surface area contributed by atoms with Crippen molar-refractivity contribution in [2.75, 3.05) is 5.32 Å². The summed E-state index contributed by atoms with van der Waals surface area (Å²) in [5.74, 6) is -1.57. The first kappa shape index (κ1) is 15.2. The smallest absolute Gasteiger partial charge is 0.335 e. The molecule has 2 aromatic rings. The highest BCUT2D eigenvalue weighted by Gasteiger charge is 2.14. The number of nitro benzene ring substituents is 1. The molecule has 0 spiro atoms. The molecule has 7 heteroatoms. The Morgan fingerprint density at radius 1 is 1.14 bits per heavy atom. The number of amides is 1. The fourth-order valence-corrected chi connectivity index (χ4v) is 1.93. The molecule has 2 aromatic carbocycles. The summed E-state index contributed by atoms with van der Waals surface area (Å²) in [6.07, 6.45) is 0. The zero-order chi connectivity index (χ0) is 16.3. The van der Waals surface area contributed by atoms with Crippen molar-refractivity contribution in [3.8, 4) is 0 Å². The molecule has 22 heavy (non-hydrogen) atoms. The molecule has 0 radical (unpaired) electrons. The van der Waals surface area contributed by atoms with Gasteiger partial charge in [0.25, 0.3) is 11.6 Å². The molecule has 0 aliphatic heterocycles. The number of carbonyl (C=O) groups excluding carboxylic acids is 1. The summed E-state index contributed by atoms with van der Waals surface area (Å²) in [5, 5.41) is 22.2. The van der Waals surface area contributed by atoms with Gasteiger partial charge in [-0.3, -0.25) is 14.9 Å². The van der Waals surface area contributed by atoms with Crippen LogP contribution in [0.25, 0.3) is 0 Å². The van der Waals surface area contributed by atoms with Gasteiger partial charge >= 0.3 is 5.97 Å². The van der Waals surface area contributed by atoms with E-state index in [1.54, 1.807) is 13.0 Å². The lowest BCUT2D eigenvalue weighted by Crippen LogP contribution is -2.12. The lowest BCUT2D eigenvalue weighted by molar-refractivity contribution is -0.385. The van der Waals surface area contributed by atoms with E-state index < -0.39 is 16.8 Å². The average molecular weight is 300 g/mol. The normalized spacial score (nSPS) is 10.0. The van der Waals surface area contributed by atoms with Crippen LogP contribution in [0.4, 0.5) is 11.4 Å². The van der Waals surface area contributed by atoms with Crippen LogP contribution >= 0.6 is 0 Å². The number of carboxylic acid groups (broad SMARTS) is 1. The Labute approximate surface area is 125 Å². The van der Waals surface area contributed by atoms with Gasteiger partial charge in [-0.2, -0.15) is 0 Å². The van der Waals surface area contributed by atoms with Gasteiger partial charge in [-0.15, -0.1) is 0 Å². The zero-order valence-corrected chi connectivity index (χ0v) is 11.6. The topological polar surface area (TPSA) is 110 Å². The molecule has 7 nitrogen and oxygen atoms in total. The van der Waals surface area contributed by atoms with E-state index in [0.717, 1.165) is 0 Å². The number of rotatable bonds is 4. The number of hydrogen-bond acceptors (Lipinski definition) is 4. The van der Waals surface area contributed by atoms with Crippen molar-refractivity contribution in [2.45, 2.75) is 6.92 Å². The van der Waals surface area contributed by atoms with Crippen molar-refractivity contribution in [3.05, 3.63) is 69.3 Å². The third-order valence-electron chi connectivity index (χ3n) is 3.02. The largest absolute Gasteiger partial charge is 0.478 e. The molecule has 2 rings (SSSR count). The predicted molar refractivity (Wildman–Crippen MR) is 79.2 cm³/mol. The molecule has 0 heterocycles. The minimum atomic E-state index is -1.10. The second kappa shape index (κ2) is 6.04. The first-order chi connectivity index (χ1) is 10.4. The molecule has 0 aliphatic rings. The molecule has 0 aliphatic carbocycles. The lowest BCUT2D eigenvalue weighted by atomic mass is 10.1. The maximum Gasteiger partial charge on any atom is 0.335 e. The Bertz CT molecular complexity index is 770. The summed E-state index contributed by atoms with van der Waals surface area (Å²) in [6.45, 7) is 1.54. The molecule has 112 valence electrons. The van der Waals surface area contributed by atoms with Gasteiger partial charge in [0, 0.05) is 22.9 Å². The number of aromatic carboxylic acids is 1. The number of nitrogens with one attached hydrogen (secondary N) is 1. The van der Waals surface area contributed by atoms with E-state index in [1.807, 2.05) is 0 Å². The van der Waals surface area contributed by atoms with Crippen LogP contribution in [0.2, 0.25) is 0 Å². The minimum absolute atomic E-state index is 0.0534. The van der Waals surface area contributed by atoms with Crippen molar-refractivity contribution in [1.82, 2.24) is 0 Å². The summed E-state index contributed by atoms with van der Waals surface area (Å²) in [5.41, 5.74) is 0.948. The summed E-state index contributed by atoms with van der Waals surface area (Å²) >= 11 is 0. The zero-order valence-electron chi connectivity index (χ0n) is 11.6. The van der Waals surface area contributed by atoms with Gasteiger partial charge < -0.3 is 10.4 Å². The molecule has 0 unspecified atom stereocenters. The molecule has 1 amide bonds. The van der Waals surface area contributed by atoms with E-state index in [4.69, 9.17) is 5.11 Å². The van der Waals surface area contributed by atoms with Crippen LogP contribution in [-0.2, 0) is 0 Å². The predicted octanol–water partition coefficient (Wildman–Crippen LogP) is 2.85. The number of nitrogens with zero attached hydrogens (tertiary/aromatic N) is 1. The Hall–Kier alpha value is -3.22. The molecule has 0 aromatic heterocycles. The van der Waals surface area contributed by atoms with Crippen molar-refractivity contribution < 1.29 is 19.6 Å². The number of nitro groups is 1. The molecule has 0 saturated carbocycles. The van der Waals surface area contributed by atoms with Gasteiger partial charge in [-0.1, -0.05) is 6.07 Å². The first-order valence-corrected chi connectivity index (χ1v) is 6.28. The fourth-order valence-electron chi connectivity index (χ4n) is 1.93. The van der Waals surface area contributed by atoms with Crippen LogP contribution in [0.3, 0.4) is 0 Å². The van der Waals surface area contributed by atoms with Gasteiger partial charge in [0.15, 0.2) is 0 Å². The maximum absolute atomic E-state index is 12.1. The number of carbonyl (C=O) groups is 2. The van der Waals surface area contributed by atoms with Gasteiger partial charge in [0.1, 0.15) is 0 Å². The van der Waals surface area contributed by atoms with E-state index in [1.165, 1.54) is 36.4 Å². The molecular formula is C15H12N2O5. The van der Waals surface area contributed by atoms with E-state index in [9.17, 15) is 19.7 Å². The SMILES string of the molecule is Cc1cc(C(=O)Nc2cccc(C(=O)O)c2)ccc1[N+](=O)[O-]. The average Bonchev–Trinajstić information content (AvgIpc) is 2.46. The van der Waals surface area contributed by atoms with Crippen molar-refractivity contribution in [3.63, 3.8) is 0 Å². The Morgan fingerprint density at radius 2 is 1.86 bits per heavy atom. The van der Waals surface area contributed by atoms with Crippen LogP contribution in [0.1, 0.15) is 26.3 Å². The molecule has 0 saturated heterocycles. The fraction of sp³-hybridized carbons (Fsp3) is 0.0667. The van der Waals surface area contributed by atoms with Crippen LogP contribution in [0, 0.1) is 17.0 Å². The third kappa shape index (κ3) is 3.26. The van der Waals surface area contributed by atoms with Gasteiger partial charge in [0.05, 0.1) is 10.5 Å². The Kier molecular flexibility index (Phi) is 4.17. The molecule has 0 bridgehead atoms. The summed E-state index contributed by atoms with van der Waals surface area (Å²) in [4.78, 5) is 33.2. The standard InChI is InChI=1S/C15H12N2O5/c1-9-7-10(5-6-13(9)17(21)22)14(18)16-12-4-2-3-11(8-12)15(19)20/h2-8H,1H3,(H,16,18)(H,19,20). The van der Waals surface area contributed by atoms with Crippen LogP contribution < -0.4 is 5.32 Å². The second-order valence-corrected chi connectivity index (χ2v) is 4.60. The van der Waals surface area contributed by atoms with Gasteiger partial charge in [0.2, 0.25) is 0 Å². The van der Waals surface area contributed by atoms with Crippen molar-refractivity contribution >= 4 is 23.3 Å². The van der Waals surface area contributed by atoms with E-state index in [-0.39, 0.29) is 16.8 Å². The van der Waals surface area contributed by atoms with E-state index >= 15 is 0 Å². The molecular weight excluding hydrogens is 288 g/mol. The number of hydrogen-bond donors (Lipinski definition) is 2. The quantitative estimate of drug-likeness (QED) is 0.666. The lowest BCUT2D eigenvalue weighted by Gasteiger charge is -2.07. The summed E-state index contributed by atoms with van der Waals surface area (Å²) in [7, 11) is 0. The Balaban J connectivity index is 2.22. The summed E-state index contributed by atoms with van der Waals surface area (Å²) in [6, 6.07) is 9.84. The highest BCUT2D eigenvalue weighted by Crippen LogP contribution is 2.20. The maximum atomic E-state index is 12.1. The van der Waals surface area contributed by atoms with E-state index in [2.05, 4.69) is 5.32 Å². The Morgan fingerprint density at radius 3 is 2.45 bits per heavy atom. The second-order valence-electron chi connectivity index (χ2n) is 4.60. The van der Waals surface area contributed by atoms with Gasteiger partial charge in [-0.25, -0.2) is 4.79 Å². The van der Waals surface area contributed by atoms with Crippen LogP contribution in [0.15, 0.2) is 42.5 Å². The first-order valence-electron chi connectivity index (χ1n) is 6.28. The molecule has 0 fully saturated rings. The highest BCUT2D eigenvalue weighted by atomic mass is 16.6. The molecule has 0 atom stereocenters. The minimum Gasteiger partial charge on any atom is -0.478 e. The number of anilines is 1. The number of benzene rings is 2. The number of aryl methyl sites for hydroxylation is 1. The highest BCUT2D eigenvalue weighted by molar-refractivity contribution is 6.05. The third-order valence-corrected chi connectivity index (χ3v) is 3.02. The summed E-state index contributed by atoms with van der Waals surface area (Å²) < 4.78 is 0.